The van der Waals surface area contributed by atoms with Gasteiger partial charge in [-0.05, 0) is 30.7 Å². The number of methoxy groups -OCH3 is 1. The van der Waals surface area contributed by atoms with Gasteiger partial charge in [0.2, 0.25) is 5.91 Å². The van der Waals surface area contributed by atoms with E-state index in [9.17, 15) is 4.79 Å². The SMILES string of the molecule is COc1ccc(N(C)C(=O)C2COCCN2)cc1C. The smallest absolute Gasteiger partial charge is 0.246 e. The van der Waals surface area contributed by atoms with Gasteiger partial charge in [-0.3, -0.25) is 4.79 Å². The Morgan fingerprint density at radius 2 is 2.32 bits per heavy atom. The number of aryl methyl sites for hydroxylation is 1. The molecule has 1 aromatic carbocycles. The number of likely N-dealkylation sites (N-methyl/N-ethyl adjacent to an activating group) is 1. The molecule has 5 heteroatoms. The third kappa shape index (κ3) is 3.05. The van der Waals surface area contributed by atoms with Gasteiger partial charge in [-0.25, -0.2) is 0 Å². The second kappa shape index (κ2) is 6.04. The first-order valence-corrected chi connectivity index (χ1v) is 6.37. The first kappa shape index (κ1) is 13.8. The summed E-state index contributed by atoms with van der Waals surface area (Å²) in [5, 5.41) is 3.17. The number of carbonyl (C=O) groups excluding carboxylic acids is 1. The number of benzene rings is 1. The first-order chi connectivity index (χ1) is 9.13. The zero-order valence-corrected chi connectivity index (χ0v) is 11.6. The fourth-order valence-electron chi connectivity index (χ4n) is 2.16. The van der Waals surface area contributed by atoms with Crippen LogP contribution >= 0.6 is 0 Å². The largest absolute Gasteiger partial charge is 0.496 e. The Balaban J connectivity index is 2.11. The van der Waals surface area contributed by atoms with Crippen LogP contribution in [0.2, 0.25) is 0 Å². The molecule has 5 nitrogen and oxygen atoms in total. The molecule has 0 aromatic heterocycles. The van der Waals surface area contributed by atoms with Gasteiger partial charge in [0.05, 0.1) is 20.3 Å². The fourth-order valence-corrected chi connectivity index (χ4v) is 2.16. The van der Waals surface area contributed by atoms with Gasteiger partial charge >= 0.3 is 0 Å². The fraction of sp³-hybridized carbons (Fsp3) is 0.500. The van der Waals surface area contributed by atoms with E-state index >= 15 is 0 Å². The lowest BCUT2D eigenvalue weighted by Crippen LogP contribution is -2.51. The molecule has 1 N–H and O–H groups in total. The average molecular weight is 264 g/mol. The van der Waals surface area contributed by atoms with Crippen LogP contribution in [0.3, 0.4) is 0 Å². The van der Waals surface area contributed by atoms with Crippen LogP contribution in [0.4, 0.5) is 5.69 Å². The van der Waals surface area contributed by atoms with Gasteiger partial charge in [-0.1, -0.05) is 0 Å². The van der Waals surface area contributed by atoms with E-state index < -0.39 is 0 Å². The van der Waals surface area contributed by atoms with Crippen molar-refractivity contribution < 1.29 is 14.3 Å². The number of hydrogen-bond acceptors (Lipinski definition) is 4. The van der Waals surface area contributed by atoms with Crippen LogP contribution in [-0.4, -0.2) is 45.9 Å². The molecule has 19 heavy (non-hydrogen) atoms. The van der Waals surface area contributed by atoms with Gasteiger partial charge < -0.3 is 19.7 Å². The van der Waals surface area contributed by atoms with Crippen LogP contribution in [0.5, 0.6) is 5.75 Å². The lowest BCUT2D eigenvalue weighted by atomic mass is 10.1. The van der Waals surface area contributed by atoms with Crippen molar-refractivity contribution in [3.8, 4) is 5.75 Å². The lowest BCUT2D eigenvalue weighted by Gasteiger charge is -2.27. The van der Waals surface area contributed by atoms with Gasteiger partial charge in [0.25, 0.3) is 0 Å². The molecule has 0 radical (unpaired) electrons. The molecule has 1 fully saturated rings. The summed E-state index contributed by atoms with van der Waals surface area (Å²) in [6.45, 7) is 3.77. The maximum atomic E-state index is 12.3. The van der Waals surface area contributed by atoms with Gasteiger partial charge in [0.15, 0.2) is 0 Å². The van der Waals surface area contributed by atoms with Crippen molar-refractivity contribution in [2.75, 3.05) is 38.8 Å². The molecule has 1 heterocycles. The van der Waals surface area contributed by atoms with Crippen LogP contribution in [0, 0.1) is 6.92 Å². The Hall–Kier alpha value is -1.59. The monoisotopic (exact) mass is 264 g/mol. The molecule has 1 saturated heterocycles. The van der Waals surface area contributed by atoms with E-state index in [1.54, 1.807) is 19.1 Å². The van der Waals surface area contributed by atoms with E-state index in [0.29, 0.717) is 19.8 Å². The predicted octanol–water partition coefficient (Wildman–Crippen LogP) is 0.955. The summed E-state index contributed by atoms with van der Waals surface area (Å²) < 4.78 is 10.5. The maximum absolute atomic E-state index is 12.3. The Bertz CT molecular complexity index is 456. The van der Waals surface area contributed by atoms with Crippen LogP contribution in [0.1, 0.15) is 5.56 Å². The van der Waals surface area contributed by atoms with Gasteiger partial charge in [-0.2, -0.15) is 0 Å². The van der Waals surface area contributed by atoms with E-state index in [4.69, 9.17) is 9.47 Å². The molecule has 0 saturated carbocycles. The highest BCUT2D eigenvalue weighted by molar-refractivity contribution is 5.97. The highest BCUT2D eigenvalue weighted by atomic mass is 16.5. The number of nitrogens with zero attached hydrogens (tertiary/aromatic N) is 1. The van der Waals surface area contributed by atoms with Crippen LogP contribution in [-0.2, 0) is 9.53 Å². The third-order valence-corrected chi connectivity index (χ3v) is 3.32. The molecule has 0 spiro atoms. The minimum absolute atomic E-state index is 0.0178. The summed E-state index contributed by atoms with van der Waals surface area (Å²) in [7, 11) is 3.42. The zero-order valence-electron chi connectivity index (χ0n) is 11.6. The summed E-state index contributed by atoms with van der Waals surface area (Å²) in [4.78, 5) is 14.0. The van der Waals surface area contributed by atoms with Crippen molar-refractivity contribution in [3.63, 3.8) is 0 Å². The van der Waals surface area contributed by atoms with Crippen molar-refractivity contribution >= 4 is 11.6 Å². The summed E-state index contributed by atoms with van der Waals surface area (Å²) >= 11 is 0. The minimum Gasteiger partial charge on any atom is -0.496 e. The van der Waals surface area contributed by atoms with E-state index in [1.165, 1.54) is 0 Å². The summed E-state index contributed by atoms with van der Waals surface area (Å²) in [6.07, 6.45) is 0. The van der Waals surface area contributed by atoms with E-state index in [0.717, 1.165) is 17.0 Å². The maximum Gasteiger partial charge on any atom is 0.246 e. The molecule has 104 valence electrons. The molecular weight excluding hydrogens is 244 g/mol. The van der Waals surface area contributed by atoms with E-state index in [2.05, 4.69) is 5.32 Å². The standard InChI is InChI=1S/C14H20N2O3/c1-10-8-11(4-5-13(10)18-3)16(2)14(17)12-9-19-7-6-15-12/h4-5,8,12,15H,6-7,9H2,1-3H3. The summed E-state index contributed by atoms with van der Waals surface area (Å²) in [6, 6.07) is 5.44. The number of rotatable bonds is 3. The molecule has 1 aliphatic heterocycles. The van der Waals surface area contributed by atoms with E-state index in [1.807, 2.05) is 25.1 Å². The molecular formula is C14H20N2O3. The number of carbonyl (C=O) groups is 1. The Morgan fingerprint density at radius 3 is 2.89 bits per heavy atom. The molecule has 1 atom stereocenters. The minimum atomic E-state index is -0.263. The molecule has 0 aliphatic carbocycles. The molecule has 0 bridgehead atoms. The second-order valence-electron chi connectivity index (χ2n) is 4.63. The van der Waals surface area contributed by atoms with Crippen molar-refractivity contribution in [2.45, 2.75) is 13.0 Å². The number of nitrogens with one attached hydrogen (secondary N) is 1. The van der Waals surface area contributed by atoms with Gasteiger partial charge in [0.1, 0.15) is 11.8 Å². The zero-order chi connectivity index (χ0) is 13.8. The van der Waals surface area contributed by atoms with Gasteiger partial charge in [0, 0.05) is 19.3 Å². The normalized spacial score (nSPS) is 19.0. The van der Waals surface area contributed by atoms with E-state index in [-0.39, 0.29) is 11.9 Å². The van der Waals surface area contributed by atoms with Crippen LogP contribution in [0.15, 0.2) is 18.2 Å². The number of anilines is 1. The highest BCUT2D eigenvalue weighted by Crippen LogP contribution is 2.24. The Morgan fingerprint density at radius 1 is 1.53 bits per heavy atom. The number of amides is 1. The van der Waals surface area contributed by atoms with Crippen LogP contribution < -0.4 is 15.0 Å². The topological polar surface area (TPSA) is 50.8 Å². The Kier molecular flexibility index (Phi) is 4.39. The number of hydrogen-bond donors (Lipinski definition) is 1. The molecule has 1 unspecified atom stereocenters. The van der Waals surface area contributed by atoms with Crippen molar-refractivity contribution in [1.82, 2.24) is 5.32 Å². The number of ether oxygens (including phenoxy) is 2. The van der Waals surface area contributed by atoms with Crippen molar-refractivity contribution in [1.29, 1.82) is 0 Å². The lowest BCUT2D eigenvalue weighted by molar-refractivity contribution is -0.123. The predicted molar refractivity (Wildman–Crippen MR) is 73.8 cm³/mol. The average Bonchev–Trinajstić information content (AvgIpc) is 2.46. The molecule has 1 aromatic rings. The van der Waals surface area contributed by atoms with Crippen molar-refractivity contribution in [3.05, 3.63) is 23.8 Å². The third-order valence-electron chi connectivity index (χ3n) is 3.32. The van der Waals surface area contributed by atoms with Gasteiger partial charge in [-0.15, -0.1) is 0 Å². The quantitative estimate of drug-likeness (QED) is 0.883. The molecule has 1 amide bonds. The molecule has 2 rings (SSSR count). The number of morpholine rings is 1. The van der Waals surface area contributed by atoms with Crippen molar-refractivity contribution in [2.24, 2.45) is 0 Å². The van der Waals surface area contributed by atoms with Crippen LogP contribution in [0.25, 0.3) is 0 Å². The molecule has 1 aliphatic rings. The second-order valence-corrected chi connectivity index (χ2v) is 4.63. The Labute approximate surface area is 113 Å². The summed E-state index contributed by atoms with van der Waals surface area (Å²) in [5.41, 5.74) is 1.86. The highest BCUT2D eigenvalue weighted by Gasteiger charge is 2.25. The first-order valence-electron chi connectivity index (χ1n) is 6.37. The summed E-state index contributed by atoms with van der Waals surface area (Å²) in [5.74, 6) is 0.841.